The molecule has 3 rings (SSSR count). The largest absolute Gasteiger partial charge is 0.392 e. The molecule has 124 valence electrons. The molecule has 7 heteroatoms. The molecule has 0 aliphatic carbocycles. The molecule has 2 fully saturated rings. The number of rotatable bonds is 1. The number of nitrogens with one attached hydrogen (secondary N) is 1. The number of halogens is 2. The lowest BCUT2D eigenvalue weighted by Crippen LogP contribution is -2.62. The van der Waals surface area contributed by atoms with Gasteiger partial charge in [0.15, 0.2) is 0 Å². The van der Waals surface area contributed by atoms with Crippen LogP contribution in [-0.4, -0.2) is 47.6 Å². The molecule has 0 saturated carbocycles. The number of carbonyl (C=O) groups is 2. The maximum Gasteiger partial charge on any atom is 0.254 e. The Morgan fingerprint density at radius 2 is 2.22 bits per heavy atom. The van der Waals surface area contributed by atoms with Gasteiger partial charge in [-0.05, 0) is 37.5 Å². The van der Waals surface area contributed by atoms with Crippen LogP contribution in [0.15, 0.2) is 18.2 Å². The predicted octanol–water partition coefficient (Wildman–Crippen LogP) is 1.58. The minimum atomic E-state index is -0.969. The van der Waals surface area contributed by atoms with Gasteiger partial charge in [-0.25, -0.2) is 4.39 Å². The fourth-order valence-electron chi connectivity index (χ4n) is 3.48. The summed E-state index contributed by atoms with van der Waals surface area (Å²) in [5.41, 5.74) is -0.818. The molecule has 1 aromatic rings. The van der Waals surface area contributed by atoms with Crippen LogP contribution in [-0.2, 0) is 4.79 Å². The van der Waals surface area contributed by atoms with E-state index < -0.39 is 17.3 Å². The summed E-state index contributed by atoms with van der Waals surface area (Å²) in [6, 6.07) is 3.67. The van der Waals surface area contributed by atoms with E-state index in [9.17, 15) is 19.1 Å². The summed E-state index contributed by atoms with van der Waals surface area (Å²) in [4.78, 5) is 26.4. The molecule has 1 aromatic carbocycles. The zero-order valence-electron chi connectivity index (χ0n) is 12.5. The predicted molar refractivity (Wildman–Crippen MR) is 82.6 cm³/mol. The highest BCUT2D eigenvalue weighted by Crippen LogP contribution is 2.37. The molecule has 2 heterocycles. The summed E-state index contributed by atoms with van der Waals surface area (Å²) < 4.78 is 13.5. The van der Waals surface area contributed by atoms with Gasteiger partial charge >= 0.3 is 0 Å². The Kier molecular flexibility index (Phi) is 4.29. The second-order valence-corrected chi connectivity index (χ2v) is 6.64. The minimum Gasteiger partial charge on any atom is -0.392 e. The van der Waals surface area contributed by atoms with Gasteiger partial charge in [-0.3, -0.25) is 9.59 Å². The van der Waals surface area contributed by atoms with Gasteiger partial charge in [-0.1, -0.05) is 11.6 Å². The molecule has 1 spiro atoms. The molecule has 0 bridgehead atoms. The van der Waals surface area contributed by atoms with Crippen LogP contribution >= 0.6 is 11.6 Å². The van der Waals surface area contributed by atoms with Gasteiger partial charge in [0.1, 0.15) is 5.82 Å². The van der Waals surface area contributed by atoms with Gasteiger partial charge in [-0.2, -0.15) is 0 Å². The van der Waals surface area contributed by atoms with E-state index in [0.717, 1.165) is 18.6 Å². The lowest BCUT2D eigenvalue weighted by molar-refractivity contribution is -0.147. The quantitative estimate of drug-likeness (QED) is 0.815. The van der Waals surface area contributed by atoms with Crippen LogP contribution in [0, 0.1) is 11.2 Å². The van der Waals surface area contributed by atoms with Gasteiger partial charge < -0.3 is 15.3 Å². The van der Waals surface area contributed by atoms with Crippen molar-refractivity contribution in [2.24, 2.45) is 5.41 Å². The third-order valence-corrected chi connectivity index (χ3v) is 4.94. The van der Waals surface area contributed by atoms with E-state index in [0.29, 0.717) is 25.9 Å². The Morgan fingerprint density at radius 1 is 1.43 bits per heavy atom. The summed E-state index contributed by atoms with van der Waals surface area (Å²) >= 11 is 5.81. The molecule has 0 unspecified atom stereocenters. The third kappa shape index (κ3) is 2.93. The summed E-state index contributed by atoms with van der Waals surface area (Å²) in [6.45, 7) is 1.04. The Balaban J connectivity index is 1.86. The monoisotopic (exact) mass is 340 g/mol. The Hall–Kier alpha value is -1.66. The van der Waals surface area contributed by atoms with Crippen molar-refractivity contribution >= 4 is 23.4 Å². The molecule has 23 heavy (non-hydrogen) atoms. The number of hydrogen-bond acceptors (Lipinski definition) is 3. The van der Waals surface area contributed by atoms with Crippen molar-refractivity contribution in [1.29, 1.82) is 0 Å². The van der Waals surface area contributed by atoms with Gasteiger partial charge in [-0.15, -0.1) is 0 Å². The van der Waals surface area contributed by atoms with Gasteiger partial charge in [0.25, 0.3) is 5.91 Å². The molecule has 0 radical (unpaired) electrons. The second-order valence-electron chi connectivity index (χ2n) is 6.20. The van der Waals surface area contributed by atoms with Crippen molar-refractivity contribution in [2.75, 3.05) is 19.6 Å². The highest BCUT2D eigenvalue weighted by Gasteiger charge is 2.50. The zero-order chi connectivity index (χ0) is 16.6. The molecular formula is C16H18ClFN2O3. The molecule has 0 aromatic heterocycles. The Labute approximate surface area is 138 Å². The molecule has 2 saturated heterocycles. The SMILES string of the molecule is O=C(c1cc(F)cc(Cl)c1)N1CC[C@@H](O)[C@@]2(CCCNC2=O)C1. The summed E-state index contributed by atoms with van der Waals surface area (Å²) in [5.74, 6) is -1.18. The zero-order valence-corrected chi connectivity index (χ0v) is 13.3. The molecule has 2 aliphatic heterocycles. The van der Waals surface area contributed by atoms with Crippen LogP contribution in [0.1, 0.15) is 29.6 Å². The lowest BCUT2D eigenvalue weighted by atomic mass is 9.71. The molecule has 2 amide bonds. The van der Waals surface area contributed by atoms with Crippen LogP contribution in [0.5, 0.6) is 0 Å². The van der Waals surface area contributed by atoms with Crippen LogP contribution in [0.2, 0.25) is 5.02 Å². The van der Waals surface area contributed by atoms with E-state index in [1.165, 1.54) is 11.0 Å². The number of aliphatic hydroxyl groups is 1. The number of carbonyl (C=O) groups excluding carboxylic acids is 2. The number of amides is 2. The van der Waals surface area contributed by atoms with Crippen molar-refractivity contribution in [3.05, 3.63) is 34.6 Å². The normalized spacial score (nSPS) is 27.9. The van der Waals surface area contributed by atoms with Gasteiger partial charge in [0.2, 0.25) is 5.91 Å². The Bertz CT molecular complexity index is 634. The van der Waals surface area contributed by atoms with Crippen LogP contribution in [0.25, 0.3) is 0 Å². The number of benzene rings is 1. The van der Waals surface area contributed by atoms with E-state index in [1.807, 2.05) is 0 Å². The van der Waals surface area contributed by atoms with Crippen LogP contribution in [0.3, 0.4) is 0 Å². The Morgan fingerprint density at radius 3 is 2.91 bits per heavy atom. The van der Waals surface area contributed by atoms with E-state index in [2.05, 4.69) is 5.32 Å². The lowest BCUT2D eigenvalue weighted by Gasteiger charge is -2.46. The standard InChI is InChI=1S/C16H18ClFN2O3/c17-11-6-10(7-12(18)8-11)14(22)20-5-2-13(21)16(9-20)3-1-4-19-15(16)23/h6-8,13,21H,1-5,9H2,(H,19,23)/t13-,16-/m1/s1. The maximum absolute atomic E-state index is 13.5. The fourth-order valence-corrected chi connectivity index (χ4v) is 3.70. The maximum atomic E-state index is 13.5. The molecule has 2 N–H and O–H groups in total. The van der Waals surface area contributed by atoms with E-state index in [4.69, 9.17) is 11.6 Å². The van der Waals surface area contributed by atoms with Crippen LogP contribution < -0.4 is 5.32 Å². The average Bonchev–Trinajstić information content (AvgIpc) is 2.51. The van der Waals surface area contributed by atoms with E-state index in [1.54, 1.807) is 0 Å². The number of likely N-dealkylation sites (tertiary alicyclic amines) is 1. The summed E-state index contributed by atoms with van der Waals surface area (Å²) in [5, 5.41) is 13.3. The minimum absolute atomic E-state index is 0.132. The average molecular weight is 341 g/mol. The number of piperidine rings is 2. The summed E-state index contributed by atoms with van der Waals surface area (Å²) in [6.07, 6.45) is 0.843. The van der Waals surface area contributed by atoms with Crippen molar-refractivity contribution in [3.63, 3.8) is 0 Å². The van der Waals surface area contributed by atoms with Crippen molar-refractivity contribution in [2.45, 2.75) is 25.4 Å². The van der Waals surface area contributed by atoms with Crippen molar-refractivity contribution in [1.82, 2.24) is 10.2 Å². The second kappa shape index (κ2) is 6.09. The van der Waals surface area contributed by atoms with Crippen molar-refractivity contribution < 1.29 is 19.1 Å². The van der Waals surface area contributed by atoms with Gasteiger partial charge in [0, 0.05) is 30.2 Å². The number of aliphatic hydroxyl groups excluding tert-OH is 1. The molecular weight excluding hydrogens is 323 g/mol. The van der Waals surface area contributed by atoms with E-state index >= 15 is 0 Å². The van der Waals surface area contributed by atoms with Crippen molar-refractivity contribution in [3.8, 4) is 0 Å². The highest BCUT2D eigenvalue weighted by molar-refractivity contribution is 6.31. The molecule has 2 atom stereocenters. The first-order valence-electron chi connectivity index (χ1n) is 7.64. The molecule has 5 nitrogen and oxygen atoms in total. The third-order valence-electron chi connectivity index (χ3n) is 4.72. The fraction of sp³-hybridized carbons (Fsp3) is 0.500. The highest BCUT2D eigenvalue weighted by atomic mass is 35.5. The van der Waals surface area contributed by atoms with Crippen LogP contribution in [0.4, 0.5) is 4.39 Å². The summed E-state index contributed by atoms with van der Waals surface area (Å²) in [7, 11) is 0. The topological polar surface area (TPSA) is 69.6 Å². The number of nitrogens with zero attached hydrogens (tertiary/aromatic N) is 1. The first kappa shape index (κ1) is 16.2. The van der Waals surface area contributed by atoms with Gasteiger partial charge in [0.05, 0.1) is 11.5 Å². The molecule has 2 aliphatic rings. The number of hydrogen-bond donors (Lipinski definition) is 2. The smallest absolute Gasteiger partial charge is 0.254 e. The van der Waals surface area contributed by atoms with E-state index in [-0.39, 0.29) is 28.9 Å². The first-order valence-corrected chi connectivity index (χ1v) is 8.02. The first-order chi connectivity index (χ1) is 10.9.